The second-order valence-corrected chi connectivity index (χ2v) is 6.18. The number of nitrogens with zero attached hydrogens (tertiary/aromatic N) is 3. The normalized spacial score (nSPS) is 16.5. The van der Waals surface area contributed by atoms with E-state index >= 15 is 0 Å². The monoisotopic (exact) mass is 342 g/mol. The van der Waals surface area contributed by atoms with E-state index in [1.165, 1.54) is 0 Å². The molecule has 2 heterocycles. The summed E-state index contributed by atoms with van der Waals surface area (Å²) < 4.78 is 4.95. The van der Waals surface area contributed by atoms with Crippen molar-refractivity contribution in [2.45, 2.75) is 19.9 Å². The van der Waals surface area contributed by atoms with E-state index in [0.29, 0.717) is 43.3 Å². The van der Waals surface area contributed by atoms with Crippen LogP contribution >= 0.6 is 0 Å². The van der Waals surface area contributed by atoms with Crippen LogP contribution in [0, 0.1) is 6.92 Å². The molecule has 2 aromatic rings. The van der Waals surface area contributed by atoms with Crippen LogP contribution in [0.25, 0.3) is 0 Å². The maximum atomic E-state index is 12.5. The molecule has 1 saturated heterocycles. The molecule has 0 aliphatic carbocycles. The zero-order valence-corrected chi connectivity index (χ0v) is 14.4. The summed E-state index contributed by atoms with van der Waals surface area (Å²) in [5, 5.41) is 6.53. The molecule has 1 aliphatic heterocycles. The summed E-state index contributed by atoms with van der Waals surface area (Å²) in [4.78, 5) is 28.7. The minimum absolute atomic E-state index is 0.0374. The Balaban J connectivity index is 1.53. The van der Waals surface area contributed by atoms with Gasteiger partial charge in [0.15, 0.2) is 5.82 Å². The molecule has 1 aromatic heterocycles. The Hall–Kier alpha value is -2.67. The van der Waals surface area contributed by atoms with Crippen molar-refractivity contribution in [3.63, 3.8) is 0 Å². The Morgan fingerprint density at radius 1 is 1.16 bits per heavy atom. The quantitative estimate of drug-likeness (QED) is 0.916. The first-order valence-electron chi connectivity index (χ1n) is 8.37. The summed E-state index contributed by atoms with van der Waals surface area (Å²) in [5.41, 5.74) is 0.697. The lowest BCUT2D eigenvalue weighted by Gasteiger charge is -2.37. The van der Waals surface area contributed by atoms with Crippen molar-refractivity contribution in [1.29, 1.82) is 0 Å². The first-order valence-corrected chi connectivity index (χ1v) is 8.37. The molecule has 2 amide bonds. The van der Waals surface area contributed by atoms with Gasteiger partial charge >= 0.3 is 0 Å². The number of aromatic nitrogens is 1. The number of aryl methyl sites for hydroxylation is 1. The van der Waals surface area contributed by atoms with Crippen molar-refractivity contribution in [2.75, 3.05) is 31.5 Å². The highest BCUT2D eigenvalue weighted by Gasteiger charge is 2.28. The third-order valence-electron chi connectivity index (χ3n) is 4.43. The molecular weight excluding hydrogens is 320 g/mol. The molecule has 1 N–H and O–H groups in total. The lowest BCUT2D eigenvalue weighted by molar-refractivity contribution is -0.121. The predicted octanol–water partition coefficient (Wildman–Crippen LogP) is 1.77. The van der Waals surface area contributed by atoms with Gasteiger partial charge in [-0.05, 0) is 26.0 Å². The zero-order chi connectivity index (χ0) is 17.8. The van der Waals surface area contributed by atoms with Crippen LogP contribution in [-0.4, -0.2) is 59.0 Å². The lowest BCUT2D eigenvalue weighted by Crippen LogP contribution is -2.54. The minimum atomic E-state index is -0.300. The summed E-state index contributed by atoms with van der Waals surface area (Å²) in [5.74, 6) is 0.981. The summed E-state index contributed by atoms with van der Waals surface area (Å²) in [6, 6.07) is 10.6. The van der Waals surface area contributed by atoms with Crippen LogP contribution in [0.5, 0.6) is 0 Å². The van der Waals surface area contributed by atoms with Gasteiger partial charge in [-0.2, -0.15) is 0 Å². The summed E-state index contributed by atoms with van der Waals surface area (Å²) in [6.45, 7) is 6.16. The molecule has 1 unspecified atom stereocenters. The number of benzene rings is 1. The first-order chi connectivity index (χ1) is 12.0. The molecule has 0 radical (unpaired) electrons. The van der Waals surface area contributed by atoms with E-state index in [1.807, 2.05) is 42.2 Å². The van der Waals surface area contributed by atoms with Crippen molar-refractivity contribution in [3.05, 3.63) is 47.7 Å². The van der Waals surface area contributed by atoms with Crippen molar-refractivity contribution in [2.24, 2.45) is 0 Å². The maximum absolute atomic E-state index is 12.5. The second kappa shape index (κ2) is 7.48. The lowest BCUT2D eigenvalue weighted by atomic mass is 10.1. The molecule has 132 valence electrons. The molecule has 1 atom stereocenters. The van der Waals surface area contributed by atoms with Gasteiger partial charge in [-0.25, -0.2) is 0 Å². The standard InChI is InChI=1S/C18H22N4O3/c1-13-12-16(20-25-13)19-17(23)14(2)21-8-10-22(11-9-21)18(24)15-6-4-3-5-7-15/h3-7,12,14H,8-11H2,1-2H3,(H,19,20,23). The molecule has 7 nitrogen and oxygen atoms in total. The van der Waals surface area contributed by atoms with Gasteiger partial charge in [0, 0.05) is 37.8 Å². The Kier molecular flexibility index (Phi) is 5.14. The fraction of sp³-hybridized carbons (Fsp3) is 0.389. The fourth-order valence-electron chi connectivity index (χ4n) is 2.90. The van der Waals surface area contributed by atoms with Gasteiger partial charge in [0.05, 0.1) is 6.04 Å². The molecule has 0 bridgehead atoms. The predicted molar refractivity (Wildman–Crippen MR) is 93.3 cm³/mol. The number of amides is 2. The SMILES string of the molecule is Cc1cc(NC(=O)C(C)N2CCN(C(=O)c3ccccc3)CC2)no1. The number of nitrogens with one attached hydrogen (secondary N) is 1. The molecule has 25 heavy (non-hydrogen) atoms. The minimum Gasteiger partial charge on any atom is -0.360 e. The van der Waals surface area contributed by atoms with E-state index in [4.69, 9.17) is 4.52 Å². The number of carbonyl (C=O) groups excluding carboxylic acids is 2. The Morgan fingerprint density at radius 2 is 1.84 bits per heavy atom. The van der Waals surface area contributed by atoms with Gasteiger partial charge in [-0.3, -0.25) is 14.5 Å². The highest BCUT2D eigenvalue weighted by molar-refractivity contribution is 5.95. The molecule has 1 fully saturated rings. The van der Waals surface area contributed by atoms with E-state index in [-0.39, 0.29) is 17.9 Å². The van der Waals surface area contributed by atoms with Gasteiger partial charge in [0.1, 0.15) is 5.76 Å². The van der Waals surface area contributed by atoms with Crippen molar-refractivity contribution in [1.82, 2.24) is 15.0 Å². The van der Waals surface area contributed by atoms with Gasteiger partial charge in [0.2, 0.25) is 5.91 Å². The van der Waals surface area contributed by atoms with E-state index in [9.17, 15) is 9.59 Å². The number of hydrogen-bond acceptors (Lipinski definition) is 5. The fourth-order valence-corrected chi connectivity index (χ4v) is 2.90. The molecule has 0 saturated carbocycles. The summed E-state index contributed by atoms with van der Waals surface area (Å²) in [7, 11) is 0. The van der Waals surface area contributed by atoms with Crippen LogP contribution < -0.4 is 5.32 Å². The third-order valence-corrected chi connectivity index (χ3v) is 4.43. The van der Waals surface area contributed by atoms with E-state index < -0.39 is 0 Å². The summed E-state index contributed by atoms with van der Waals surface area (Å²) >= 11 is 0. The highest BCUT2D eigenvalue weighted by Crippen LogP contribution is 2.13. The smallest absolute Gasteiger partial charge is 0.253 e. The Bertz CT molecular complexity index is 736. The molecule has 0 spiro atoms. The van der Waals surface area contributed by atoms with Crippen molar-refractivity contribution in [3.8, 4) is 0 Å². The molecule has 7 heteroatoms. The van der Waals surface area contributed by atoms with Crippen molar-refractivity contribution < 1.29 is 14.1 Å². The second-order valence-electron chi connectivity index (χ2n) is 6.18. The Labute approximate surface area is 146 Å². The topological polar surface area (TPSA) is 78.7 Å². The van der Waals surface area contributed by atoms with Crippen LogP contribution in [0.4, 0.5) is 5.82 Å². The highest BCUT2D eigenvalue weighted by atomic mass is 16.5. The van der Waals surface area contributed by atoms with Crippen LogP contribution in [-0.2, 0) is 4.79 Å². The number of anilines is 1. The van der Waals surface area contributed by atoms with Gasteiger partial charge in [-0.1, -0.05) is 23.4 Å². The largest absolute Gasteiger partial charge is 0.360 e. The van der Waals surface area contributed by atoms with Crippen LogP contribution in [0.2, 0.25) is 0 Å². The van der Waals surface area contributed by atoms with Crippen molar-refractivity contribution >= 4 is 17.6 Å². The van der Waals surface area contributed by atoms with E-state index in [0.717, 1.165) is 0 Å². The molecule has 1 aromatic carbocycles. The van der Waals surface area contributed by atoms with Crippen LogP contribution in [0.1, 0.15) is 23.0 Å². The molecule has 3 rings (SSSR count). The van der Waals surface area contributed by atoms with Crippen LogP contribution in [0.15, 0.2) is 40.9 Å². The van der Waals surface area contributed by atoms with Gasteiger partial charge in [0.25, 0.3) is 5.91 Å². The Morgan fingerprint density at radius 3 is 2.44 bits per heavy atom. The number of carbonyl (C=O) groups is 2. The number of hydrogen-bond donors (Lipinski definition) is 1. The molecular formula is C18H22N4O3. The van der Waals surface area contributed by atoms with Gasteiger partial charge in [-0.15, -0.1) is 0 Å². The summed E-state index contributed by atoms with van der Waals surface area (Å²) in [6.07, 6.45) is 0. The average molecular weight is 342 g/mol. The van der Waals surface area contributed by atoms with Crippen LogP contribution in [0.3, 0.4) is 0 Å². The van der Waals surface area contributed by atoms with E-state index in [1.54, 1.807) is 13.0 Å². The maximum Gasteiger partial charge on any atom is 0.253 e. The first kappa shape index (κ1) is 17.2. The number of rotatable bonds is 4. The average Bonchev–Trinajstić information content (AvgIpc) is 3.06. The zero-order valence-electron chi connectivity index (χ0n) is 14.4. The third kappa shape index (κ3) is 4.06. The van der Waals surface area contributed by atoms with Gasteiger partial charge < -0.3 is 14.7 Å². The molecule has 1 aliphatic rings. The van der Waals surface area contributed by atoms with E-state index in [2.05, 4.69) is 15.4 Å². The number of piperazine rings is 1.